The van der Waals surface area contributed by atoms with Gasteiger partial charge in [0.1, 0.15) is 0 Å². The first kappa shape index (κ1) is 22.5. The largest absolute Gasteiger partial charge is 0.417 e. The van der Waals surface area contributed by atoms with Crippen LogP contribution in [0.15, 0.2) is 18.2 Å². The van der Waals surface area contributed by atoms with Gasteiger partial charge in [-0.25, -0.2) is 0 Å². The van der Waals surface area contributed by atoms with Crippen molar-refractivity contribution in [1.29, 1.82) is 0 Å². The lowest BCUT2D eigenvalue weighted by atomic mass is 9.98. The van der Waals surface area contributed by atoms with E-state index < -0.39 is 22.7 Å². The summed E-state index contributed by atoms with van der Waals surface area (Å²) >= 11 is 5.54. The van der Waals surface area contributed by atoms with Crippen molar-refractivity contribution in [2.24, 2.45) is 5.92 Å². The number of rotatable bonds is 4. The summed E-state index contributed by atoms with van der Waals surface area (Å²) in [6.07, 6.45) is -2.97. The van der Waals surface area contributed by atoms with E-state index in [1.165, 1.54) is 18.0 Å². The van der Waals surface area contributed by atoms with Gasteiger partial charge in [0.15, 0.2) is 0 Å². The molecule has 0 radical (unpaired) electrons. The van der Waals surface area contributed by atoms with Gasteiger partial charge in [0.05, 0.1) is 23.0 Å². The summed E-state index contributed by atoms with van der Waals surface area (Å²) in [5.41, 5.74) is -1.05. The molecule has 1 heterocycles. The molecule has 0 aliphatic carbocycles. The van der Waals surface area contributed by atoms with Crippen molar-refractivity contribution >= 4 is 41.5 Å². The smallest absolute Gasteiger partial charge is 0.336 e. The third kappa shape index (κ3) is 6.03. The second-order valence-corrected chi connectivity index (χ2v) is 6.39. The quantitative estimate of drug-likeness (QED) is 0.796. The van der Waals surface area contributed by atoms with Crippen molar-refractivity contribution in [1.82, 2.24) is 10.2 Å². The summed E-state index contributed by atoms with van der Waals surface area (Å²) in [5, 5.41) is 5.04. The standard InChI is InChI=1S/C16H19ClF3N3O2.ClH/c1-23(15(25)10-3-2-6-21-8-10)9-14(24)22-11-4-5-13(17)12(7-11)16(18,19)20;/h4-5,7,10,21H,2-3,6,8-9H2,1H3,(H,22,24);1H. The number of carbonyl (C=O) groups excluding carboxylic acids is 2. The molecular weight excluding hydrogens is 394 g/mol. The maximum atomic E-state index is 12.8. The average Bonchev–Trinajstić information content (AvgIpc) is 2.55. The summed E-state index contributed by atoms with van der Waals surface area (Å²) in [6, 6.07) is 3.12. The van der Waals surface area contributed by atoms with E-state index in [2.05, 4.69) is 10.6 Å². The normalized spacial score (nSPS) is 17.2. The Morgan fingerprint density at radius 2 is 2.08 bits per heavy atom. The van der Waals surface area contributed by atoms with E-state index in [1.807, 2.05) is 0 Å². The van der Waals surface area contributed by atoms with Crippen LogP contribution in [0.5, 0.6) is 0 Å². The predicted molar refractivity (Wildman–Crippen MR) is 95.6 cm³/mol. The van der Waals surface area contributed by atoms with Gasteiger partial charge in [0.25, 0.3) is 0 Å². The van der Waals surface area contributed by atoms with Gasteiger partial charge >= 0.3 is 6.18 Å². The second kappa shape index (κ2) is 9.43. The number of anilines is 1. The molecule has 1 aliphatic rings. The number of nitrogens with one attached hydrogen (secondary N) is 2. The molecule has 0 bridgehead atoms. The van der Waals surface area contributed by atoms with Gasteiger partial charge in [-0.15, -0.1) is 12.4 Å². The number of benzene rings is 1. The summed E-state index contributed by atoms with van der Waals surface area (Å²) in [6.45, 7) is 1.20. The third-order valence-corrected chi connectivity index (χ3v) is 4.29. The molecule has 2 N–H and O–H groups in total. The van der Waals surface area contributed by atoms with E-state index >= 15 is 0 Å². The van der Waals surface area contributed by atoms with Crippen LogP contribution in [0, 0.1) is 5.92 Å². The van der Waals surface area contributed by atoms with Gasteiger partial charge in [-0.1, -0.05) is 11.6 Å². The van der Waals surface area contributed by atoms with E-state index in [1.54, 1.807) is 0 Å². The molecule has 1 saturated heterocycles. The van der Waals surface area contributed by atoms with Gasteiger partial charge in [-0.3, -0.25) is 9.59 Å². The van der Waals surface area contributed by atoms with E-state index in [4.69, 9.17) is 11.6 Å². The maximum absolute atomic E-state index is 12.8. The van der Waals surface area contributed by atoms with Gasteiger partial charge < -0.3 is 15.5 Å². The Morgan fingerprint density at radius 3 is 2.65 bits per heavy atom. The summed E-state index contributed by atoms with van der Waals surface area (Å²) < 4.78 is 38.5. The molecule has 10 heteroatoms. The number of piperidine rings is 1. The van der Waals surface area contributed by atoms with Crippen LogP contribution in [0.3, 0.4) is 0 Å². The molecule has 0 aromatic heterocycles. The molecule has 1 aromatic rings. The first-order chi connectivity index (χ1) is 11.7. The minimum Gasteiger partial charge on any atom is -0.336 e. The highest BCUT2D eigenvalue weighted by Gasteiger charge is 2.33. The number of amides is 2. The lowest BCUT2D eigenvalue weighted by molar-refractivity contribution is -0.137. The Morgan fingerprint density at radius 1 is 1.38 bits per heavy atom. The van der Waals surface area contributed by atoms with E-state index in [0.717, 1.165) is 31.5 Å². The fourth-order valence-electron chi connectivity index (χ4n) is 2.69. The number of alkyl halides is 3. The monoisotopic (exact) mass is 413 g/mol. The van der Waals surface area contributed by atoms with E-state index in [0.29, 0.717) is 6.54 Å². The Kier molecular flexibility index (Phi) is 8.17. The second-order valence-electron chi connectivity index (χ2n) is 5.98. The van der Waals surface area contributed by atoms with Crippen LogP contribution in [0.2, 0.25) is 5.02 Å². The van der Waals surface area contributed by atoms with Crippen LogP contribution in [-0.2, 0) is 15.8 Å². The summed E-state index contributed by atoms with van der Waals surface area (Å²) in [4.78, 5) is 25.6. The fraction of sp³-hybridized carbons (Fsp3) is 0.500. The van der Waals surface area contributed by atoms with Gasteiger partial charge in [-0.05, 0) is 37.6 Å². The maximum Gasteiger partial charge on any atom is 0.417 e. The molecule has 1 atom stereocenters. The van der Waals surface area contributed by atoms with Gasteiger partial charge in [0, 0.05) is 19.3 Å². The van der Waals surface area contributed by atoms with Crippen LogP contribution in [0.4, 0.5) is 18.9 Å². The van der Waals surface area contributed by atoms with Crippen molar-refractivity contribution in [2.45, 2.75) is 19.0 Å². The Bertz CT molecular complexity index is 650. The summed E-state index contributed by atoms with van der Waals surface area (Å²) in [7, 11) is 1.50. The molecule has 26 heavy (non-hydrogen) atoms. The number of halogens is 5. The Labute approximate surface area is 160 Å². The van der Waals surface area contributed by atoms with Crippen molar-refractivity contribution in [3.63, 3.8) is 0 Å². The highest BCUT2D eigenvalue weighted by Crippen LogP contribution is 2.36. The van der Waals surface area contributed by atoms with Crippen LogP contribution in [-0.4, -0.2) is 43.4 Å². The van der Waals surface area contributed by atoms with E-state index in [9.17, 15) is 22.8 Å². The first-order valence-corrected chi connectivity index (χ1v) is 8.18. The molecule has 0 saturated carbocycles. The van der Waals surface area contributed by atoms with Crippen LogP contribution >= 0.6 is 24.0 Å². The molecule has 1 fully saturated rings. The minimum atomic E-state index is -4.61. The molecule has 146 valence electrons. The topological polar surface area (TPSA) is 61.4 Å². The van der Waals surface area contributed by atoms with Crippen LogP contribution in [0.1, 0.15) is 18.4 Å². The molecule has 2 amide bonds. The lowest BCUT2D eigenvalue weighted by Gasteiger charge is -2.26. The van der Waals surface area contributed by atoms with Crippen LogP contribution < -0.4 is 10.6 Å². The molecular formula is C16H20Cl2F3N3O2. The predicted octanol–water partition coefficient (Wildman–Crippen LogP) is 3.18. The molecule has 2 rings (SSSR count). The zero-order chi connectivity index (χ0) is 18.6. The number of hydrogen-bond acceptors (Lipinski definition) is 3. The zero-order valence-corrected chi connectivity index (χ0v) is 15.6. The van der Waals surface area contributed by atoms with Crippen molar-refractivity contribution < 1.29 is 22.8 Å². The third-order valence-electron chi connectivity index (χ3n) is 3.96. The van der Waals surface area contributed by atoms with Crippen LogP contribution in [0.25, 0.3) is 0 Å². The minimum absolute atomic E-state index is 0. The first-order valence-electron chi connectivity index (χ1n) is 7.81. The highest BCUT2D eigenvalue weighted by molar-refractivity contribution is 6.31. The highest BCUT2D eigenvalue weighted by atomic mass is 35.5. The SMILES string of the molecule is CN(CC(=O)Nc1ccc(Cl)c(C(F)(F)F)c1)C(=O)C1CCCNC1.Cl. The van der Waals surface area contributed by atoms with Gasteiger partial charge in [0.2, 0.25) is 11.8 Å². The zero-order valence-electron chi connectivity index (χ0n) is 14.0. The summed E-state index contributed by atoms with van der Waals surface area (Å²) in [5.74, 6) is -0.914. The lowest BCUT2D eigenvalue weighted by Crippen LogP contribution is -2.43. The average molecular weight is 414 g/mol. The van der Waals surface area contributed by atoms with Crippen molar-refractivity contribution in [3.8, 4) is 0 Å². The fourth-order valence-corrected chi connectivity index (χ4v) is 2.91. The van der Waals surface area contributed by atoms with E-state index in [-0.39, 0.29) is 36.5 Å². The molecule has 1 unspecified atom stereocenters. The molecule has 1 aliphatic heterocycles. The number of hydrogen-bond donors (Lipinski definition) is 2. The number of carbonyl (C=O) groups is 2. The molecule has 1 aromatic carbocycles. The molecule has 0 spiro atoms. The number of likely N-dealkylation sites (N-methyl/N-ethyl adjacent to an activating group) is 1. The molecule has 5 nitrogen and oxygen atoms in total. The Balaban J connectivity index is 0.00000338. The Hall–Kier alpha value is -1.51. The number of nitrogens with zero attached hydrogens (tertiary/aromatic N) is 1. The van der Waals surface area contributed by atoms with Gasteiger partial charge in [-0.2, -0.15) is 13.2 Å². The van der Waals surface area contributed by atoms with Crippen molar-refractivity contribution in [3.05, 3.63) is 28.8 Å². The van der Waals surface area contributed by atoms with Crippen molar-refractivity contribution in [2.75, 3.05) is 32.0 Å².